The number of nitrogens with zero attached hydrogens (tertiary/aromatic N) is 1. The molecule has 106 valence electrons. The average Bonchev–Trinajstić information content (AvgIpc) is 2.49. The number of likely N-dealkylation sites (tertiary alicyclic amines) is 1. The van der Waals surface area contributed by atoms with E-state index in [9.17, 15) is 0 Å². The summed E-state index contributed by atoms with van der Waals surface area (Å²) in [6.45, 7) is 4.79. The fourth-order valence-electron chi connectivity index (χ4n) is 3.03. The molecular weight excluding hydrogens is 236 g/mol. The number of hydrogen-bond donors (Lipinski definition) is 1. The molecule has 1 aliphatic rings. The molecule has 1 aliphatic heterocycles. The highest BCUT2D eigenvalue weighted by atomic mass is 16.5. The summed E-state index contributed by atoms with van der Waals surface area (Å²) in [7, 11) is 3.76. The van der Waals surface area contributed by atoms with Crippen LogP contribution in [0.3, 0.4) is 0 Å². The van der Waals surface area contributed by atoms with Crippen LogP contribution < -0.4 is 10.1 Å². The second-order valence-corrected chi connectivity index (χ2v) is 5.38. The van der Waals surface area contributed by atoms with Gasteiger partial charge in [-0.1, -0.05) is 18.6 Å². The molecule has 3 nitrogen and oxygen atoms in total. The predicted molar refractivity (Wildman–Crippen MR) is 79.7 cm³/mol. The van der Waals surface area contributed by atoms with Gasteiger partial charge in [0.05, 0.1) is 7.11 Å². The zero-order chi connectivity index (χ0) is 13.7. The van der Waals surface area contributed by atoms with Gasteiger partial charge in [-0.2, -0.15) is 0 Å². The molecule has 0 spiro atoms. The Morgan fingerprint density at radius 1 is 1.11 bits per heavy atom. The van der Waals surface area contributed by atoms with Gasteiger partial charge >= 0.3 is 0 Å². The van der Waals surface area contributed by atoms with Crippen molar-refractivity contribution in [2.24, 2.45) is 0 Å². The molecule has 1 fully saturated rings. The van der Waals surface area contributed by atoms with Crippen LogP contribution in [0.5, 0.6) is 5.75 Å². The predicted octanol–water partition coefficient (Wildman–Crippen LogP) is 2.83. The van der Waals surface area contributed by atoms with Gasteiger partial charge in [-0.3, -0.25) is 4.90 Å². The van der Waals surface area contributed by atoms with Gasteiger partial charge in [0.2, 0.25) is 0 Å². The fraction of sp³-hybridized carbons (Fsp3) is 0.625. The van der Waals surface area contributed by atoms with Crippen molar-refractivity contribution in [3.8, 4) is 5.75 Å². The van der Waals surface area contributed by atoms with Gasteiger partial charge in [0.15, 0.2) is 0 Å². The van der Waals surface area contributed by atoms with Crippen molar-refractivity contribution in [1.29, 1.82) is 0 Å². The maximum absolute atomic E-state index is 5.23. The van der Waals surface area contributed by atoms with E-state index in [2.05, 4.69) is 36.3 Å². The van der Waals surface area contributed by atoms with E-state index in [0.717, 1.165) is 5.75 Å². The average molecular weight is 262 g/mol. The third-order valence-corrected chi connectivity index (χ3v) is 4.23. The lowest BCUT2D eigenvalue weighted by Gasteiger charge is -2.37. The van der Waals surface area contributed by atoms with Crippen molar-refractivity contribution in [2.75, 3.05) is 27.2 Å². The van der Waals surface area contributed by atoms with Gasteiger partial charge in [0, 0.05) is 12.1 Å². The monoisotopic (exact) mass is 262 g/mol. The summed E-state index contributed by atoms with van der Waals surface area (Å²) in [5, 5.41) is 3.47. The Labute approximate surface area is 116 Å². The van der Waals surface area contributed by atoms with Crippen LogP contribution >= 0.6 is 0 Å². The molecule has 0 aromatic heterocycles. The van der Waals surface area contributed by atoms with Crippen LogP contribution in [0.4, 0.5) is 0 Å². The van der Waals surface area contributed by atoms with Crippen LogP contribution in [0.1, 0.15) is 37.8 Å². The number of piperidine rings is 1. The Bertz CT molecular complexity index is 371. The minimum atomic E-state index is 0.379. The highest BCUT2D eigenvalue weighted by Gasteiger charge is 2.24. The van der Waals surface area contributed by atoms with E-state index in [1.807, 2.05) is 12.1 Å². The second kappa shape index (κ2) is 6.92. The minimum absolute atomic E-state index is 0.379. The van der Waals surface area contributed by atoms with Crippen LogP contribution in [0, 0.1) is 0 Å². The number of methoxy groups -OCH3 is 1. The van der Waals surface area contributed by atoms with Crippen molar-refractivity contribution in [2.45, 2.75) is 38.3 Å². The highest BCUT2D eigenvalue weighted by molar-refractivity contribution is 5.29. The normalized spacial score (nSPS) is 19.9. The van der Waals surface area contributed by atoms with Crippen molar-refractivity contribution < 1.29 is 4.74 Å². The quantitative estimate of drug-likeness (QED) is 0.883. The highest BCUT2D eigenvalue weighted by Crippen LogP contribution is 2.25. The Balaban J connectivity index is 2.08. The van der Waals surface area contributed by atoms with Crippen molar-refractivity contribution in [3.63, 3.8) is 0 Å². The Morgan fingerprint density at radius 2 is 1.74 bits per heavy atom. The standard InChI is InChI=1S/C16H26N2O/c1-13(18-11-5-4-6-12-18)16(17-2)14-7-9-15(19-3)10-8-14/h7-10,13,16-17H,4-6,11-12H2,1-3H3. The molecule has 1 saturated heterocycles. The molecular formula is C16H26N2O. The maximum Gasteiger partial charge on any atom is 0.118 e. The number of nitrogens with one attached hydrogen (secondary N) is 1. The Morgan fingerprint density at radius 3 is 2.26 bits per heavy atom. The van der Waals surface area contributed by atoms with Gasteiger partial charge < -0.3 is 10.1 Å². The summed E-state index contributed by atoms with van der Waals surface area (Å²) in [6.07, 6.45) is 4.06. The molecule has 1 aromatic rings. The molecule has 1 heterocycles. The maximum atomic E-state index is 5.23. The lowest BCUT2D eigenvalue weighted by atomic mass is 9.97. The number of hydrogen-bond acceptors (Lipinski definition) is 3. The molecule has 2 rings (SSSR count). The number of rotatable bonds is 5. The first-order valence-corrected chi connectivity index (χ1v) is 7.31. The summed E-state index contributed by atoms with van der Waals surface area (Å²) in [4.78, 5) is 2.61. The molecule has 2 unspecified atom stereocenters. The number of ether oxygens (including phenoxy) is 1. The molecule has 0 radical (unpaired) electrons. The van der Waals surface area contributed by atoms with E-state index < -0.39 is 0 Å². The van der Waals surface area contributed by atoms with E-state index in [4.69, 9.17) is 4.74 Å². The topological polar surface area (TPSA) is 24.5 Å². The first-order valence-electron chi connectivity index (χ1n) is 7.31. The Kier molecular flexibility index (Phi) is 5.23. The van der Waals surface area contributed by atoms with Crippen LogP contribution in [-0.2, 0) is 0 Å². The van der Waals surface area contributed by atoms with Crippen LogP contribution in [-0.4, -0.2) is 38.2 Å². The van der Waals surface area contributed by atoms with Gasteiger partial charge in [-0.05, 0) is 57.6 Å². The van der Waals surface area contributed by atoms with E-state index in [-0.39, 0.29) is 0 Å². The zero-order valence-electron chi connectivity index (χ0n) is 12.4. The van der Waals surface area contributed by atoms with Crippen LogP contribution in [0.2, 0.25) is 0 Å². The molecule has 2 atom stereocenters. The van der Waals surface area contributed by atoms with Gasteiger partial charge in [-0.25, -0.2) is 0 Å². The molecule has 3 heteroatoms. The molecule has 0 saturated carbocycles. The molecule has 0 bridgehead atoms. The van der Waals surface area contributed by atoms with E-state index in [1.54, 1.807) is 7.11 Å². The molecule has 1 N–H and O–H groups in total. The van der Waals surface area contributed by atoms with Crippen molar-refractivity contribution in [1.82, 2.24) is 10.2 Å². The van der Waals surface area contributed by atoms with E-state index in [0.29, 0.717) is 12.1 Å². The first kappa shape index (κ1) is 14.4. The van der Waals surface area contributed by atoms with Gasteiger partial charge in [-0.15, -0.1) is 0 Å². The molecule has 19 heavy (non-hydrogen) atoms. The number of likely N-dealkylation sites (N-methyl/N-ethyl adjacent to an activating group) is 1. The third-order valence-electron chi connectivity index (χ3n) is 4.23. The van der Waals surface area contributed by atoms with Crippen LogP contribution in [0.15, 0.2) is 24.3 Å². The largest absolute Gasteiger partial charge is 0.497 e. The minimum Gasteiger partial charge on any atom is -0.497 e. The summed E-state index contributed by atoms with van der Waals surface area (Å²) in [6, 6.07) is 9.33. The number of benzene rings is 1. The van der Waals surface area contributed by atoms with Crippen molar-refractivity contribution in [3.05, 3.63) is 29.8 Å². The SMILES string of the molecule is CNC(c1ccc(OC)cc1)C(C)N1CCCCC1. The summed E-state index contributed by atoms with van der Waals surface area (Å²) in [5.74, 6) is 0.921. The van der Waals surface area contributed by atoms with Gasteiger partial charge in [0.25, 0.3) is 0 Å². The zero-order valence-corrected chi connectivity index (χ0v) is 12.4. The molecule has 0 aliphatic carbocycles. The van der Waals surface area contributed by atoms with Gasteiger partial charge in [0.1, 0.15) is 5.75 Å². The first-order chi connectivity index (χ1) is 9.26. The summed E-state index contributed by atoms with van der Waals surface area (Å²) < 4.78 is 5.23. The lowest BCUT2D eigenvalue weighted by Crippen LogP contribution is -2.44. The lowest BCUT2D eigenvalue weighted by molar-refractivity contribution is 0.144. The molecule has 1 aromatic carbocycles. The molecule has 0 amide bonds. The van der Waals surface area contributed by atoms with Crippen LogP contribution in [0.25, 0.3) is 0 Å². The van der Waals surface area contributed by atoms with E-state index >= 15 is 0 Å². The third kappa shape index (κ3) is 3.48. The van der Waals surface area contributed by atoms with Crippen molar-refractivity contribution >= 4 is 0 Å². The summed E-state index contributed by atoms with van der Waals surface area (Å²) >= 11 is 0. The smallest absolute Gasteiger partial charge is 0.118 e. The second-order valence-electron chi connectivity index (χ2n) is 5.38. The van der Waals surface area contributed by atoms with E-state index in [1.165, 1.54) is 37.9 Å². The Hall–Kier alpha value is -1.06. The summed E-state index contributed by atoms with van der Waals surface area (Å²) in [5.41, 5.74) is 1.33. The fourth-order valence-corrected chi connectivity index (χ4v) is 3.03.